The second-order valence-electron chi connectivity index (χ2n) is 5.04. The van der Waals surface area contributed by atoms with Crippen LogP contribution in [-0.4, -0.2) is 0 Å². The summed E-state index contributed by atoms with van der Waals surface area (Å²) in [6, 6.07) is 25.5. The maximum Gasteiger partial charge on any atom is 0.120 e. The highest BCUT2D eigenvalue weighted by molar-refractivity contribution is 5.66. The van der Waals surface area contributed by atoms with Crippen LogP contribution >= 0.6 is 0 Å². The minimum Gasteiger partial charge on any atom is -0.489 e. The summed E-state index contributed by atoms with van der Waals surface area (Å²) in [7, 11) is 0. The lowest BCUT2D eigenvalue weighted by atomic mass is 10.1. The first-order valence-electron chi connectivity index (χ1n) is 7.27. The predicted octanol–water partition coefficient (Wildman–Crippen LogP) is 5.87. The molecule has 0 spiro atoms. The Morgan fingerprint density at radius 3 is 2.35 bits per heavy atom. The third-order valence-electron chi connectivity index (χ3n) is 3.44. The number of nitrogens with zero attached hydrogens (tertiary/aromatic N) is 3. The van der Waals surface area contributed by atoms with Gasteiger partial charge in [-0.05, 0) is 34.4 Å². The molecule has 3 aromatic carbocycles. The van der Waals surface area contributed by atoms with Crippen molar-refractivity contribution >= 4 is 5.69 Å². The minimum atomic E-state index is 0.542. The van der Waals surface area contributed by atoms with Gasteiger partial charge in [0.05, 0.1) is 0 Å². The van der Waals surface area contributed by atoms with Crippen molar-refractivity contribution in [2.75, 3.05) is 0 Å². The van der Waals surface area contributed by atoms with Gasteiger partial charge in [0, 0.05) is 10.6 Å². The first kappa shape index (κ1) is 14.7. The highest BCUT2D eigenvalue weighted by Crippen LogP contribution is 2.26. The van der Waals surface area contributed by atoms with Gasteiger partial charge in [-0.3, -0.25) is 0 Å². The number of benzene rings is 3. The maximum atomic E-state index is 8.44. The zero-order valence-electron chi connectivity index (χ0n) is 12.5. The molecule has 0 heterocycles. The summed E-state index contributed by atoms with van der Waals surface area (Å²) in [5.74, 6) is 0.825. The minimum absolute atomic E-state index is 0.542. The fourth-order valence-electron chi connectivity index (χ4n) is 2.28. The van der Waals surface area contributed by atoms with Crippen molar-refractivity contribution in [2.24, 2.45) is 5.11 Å². The van der Waals surface area contributed by atoms with Crippen LogP contribution in [0.25, 0.3) is 21.6 Å². The molecule has 0 amide bonds. The summed E-state index contributed by atoms with van der Waals surface area (Å²) in [6.45, 7) is 0.542. The summed E-state index contributed by atoms with van der Waals surface area (Å²) in [6.07, 6.45) is 0. The molecule has 0 saturated carbocycles. The monoisotopic (exact) mass is 301 g/mol. The smallest absolute Gasteiger partial charge is 0.120 e. The molecule has 23 heavy (non-hydrogen) atoms. The fraction of sp³-hybridized carbons (Fsp3) is 0.0526. The Morgan fingerprint density at radius 1 is 0.826 bits per heavy atom. The van der Waals surface area contributed by atoms with E-state index in [1.54, 1.807) is 12.1 Å². The van der Waals surface area contributed by atoms with Crippen molar-refractivity contribution in [2.45, 2.75) is 6.61 Å². The highest BCUT2D eigenvalue weighted by atomic mass is 16.5. The van der Waals surface area contributed by atoms with Crippen molar-refractivity contribution in [1.82, 2.24) is 0 Å². The standard InChI is InChI=1S/C19H15N3O/c20-22-21-18-11-9-16(10-12-18)17-7-4-8-19(13-17)23-14-15-5-2-1-3-6-15/h1-13H,14H2. The van der Waals surface area contributed by atoms with Crippen LogP contribution in [0.4, 0.5) is 5.69 Å². The Kier molecular flexibility index (Phi) is 4.58. The first-order chi connectivity index (χ1) is 11.3. The fourth-order valence-corrected chi connectivity index (χ4v) is 2.28. The molecule has 4 nitrogen and oxygen atoms in total. The molecule has 0 aliphatic carbocycles. The summed E-state index contributed by atoms with van der Waals surface area (Å²) >= 11 is 0. The van der Waals surface area contributed by atoms with Crippen LogP contribution in [0.1, 0.15) is 5.56 Å². The lowest BCUT2D eigenvalue weighted by molar-refractivity contribution is 0.306. The van der Waals surface area contributed by atoms with Gasteiger partial charge in [0.25, 0.3) is 0 Å². The van der Waals surface area contributed by atoms with Crippen molar-refractivity contribution in [3.63, 3.8) is 0 Å². The molecule has 0 fully saturated rings. The number of ether oxygens (including phenoxy) is 1. The number of rotatable bonds is 5. The van der Waals surface area contributed by atoms with Gasteiger partial charge in [-0.2, -0.15) is 0 Å². The Bertz CT molecular complexity index is 823. The van der Waals surface area contributed by atoms with Crippen LogP contribution in [0, 0.1) is 0 Å². The van der Waals surface area contributed by atoms with Crippen LogP contribution in [0.15, 0.2) is 84.0 Å². The van der Waals surface area contributed by atoms with Crippen LogP contribution in [0.5, 0.6) is 5.75 Å². The number of hydrogen-bond donors (Lipinski definition) is 0. The molecular weight excluding hydrogens is 286 g/mol. The van der Waals surface area contributed by atoms with E-state index in [1.807, 2.05) is 66.7 Å². The van der Waals surface area contributed by atoms with Crippen molar-refractivity contribution in [3.8, 4) is 16.9 Å². The van der Waals surface area contributed by atoms with Gasteiger partial charge in [-0.25, -0.2) is 0 Å². The highest BCUT2D eigenvalue weighted by Gasteiger charge is 2.01. The van der Waals surface area contributed by atoms with Gasteiger partial charge in [0.15, 0.2) is 0 Å². The third kappa shape index (κ3) is 3.90. The van der Waals surface area contributed by atoms with Gasteiger partial charge >= 0.3 is 0 Å². The second-order valence-corrected chi connectivity index (χ2v) is 5.04. The van der Waals surface area contributed by atoms with Gasteiger partial charge in [0.2, 0.25) is 0 Å². The van der Waals surface area contributed by atoms with Crippen molar-refractivity contribution in [3.05, 3.63) is 94.9 Å². The summed E-state index contributed by atoms with van der Waals surface area (Å²) < 4.78 is 5.85. The zero-order chi connectivity index (χ0) is 15.9. The number of hydrogen-bond acceptors (Lipinski definition) is 2. The van der Waals surface area contributed by atoms with Crippen LogP contribution in [-0.2, 0) is 6.61 Å². The van der Waals surface area contributed by atoms with Crippen molar-refractivity contribution < 1.29 is 4.74 Å². The van der Waals surface area contributed by atoms with E-state index in [1.165, 1.54) is 0 Å². The lowest BCUT2D eigenvalue weighted by Gasteiger charge is -2.08. The first-order valence-corrected chi connectivity index (χ1v) is 7.27. The molecule has 0 unspecified atom stereocenters. The second kappa shape index (κ2) is 7.16. The Balaban J connectivity index is 1.75. The van der Waals surface area contributed by atoms with Gasteiger partial charge in [-0.1, -0.05) is 71.8 Å². The molecule has 0 radical (unpaired) electrons. The van der Waals surface area contributed by atoms with Crippen LogP contribution < -0.4 is 4.74 Å². The average molecular weight is 301 g/mol. The Hall–Kier alpha value is -3.23. The number of azide groups is 1. The van der Waals surface area contributed by atoms with Gasteiger partial charge in [-0.15, -0.1) is 0 Å². The summed E-state index contributed by atoms with van der Waals surface area (Å²) in [5.41, 5.74) is 12.3. The molecule has 4 heteroatoms. The topological polar surface area (TPSA) is 58.0 Å². The molecule has 0 N–H and O–H groups in total. The van der Waals surface area contributed by atoms with E-state index in [0.717, 1.165) is 22.4 Å². The van der Waals surface area contributed by atoms with E-state index in [2.05, 4.69) is 10.0 Å². The summed E-state index contributed by atoms with van der Waals surface area (Å²) in [5, 5.41) is 3.58. The maximum absolute atomic E-state index is 8.44. The molecule has 0 aliphatic heterocycles. The molecule has 0 atom stereocenters. The van der Waals surface area contributed by atoms with Gasteiger partial charge in [0.1, 0.15) is 12.4 Å². The van der Waals surface area contributed by atoms with E-state index in [-0.39, 0.29) is 0 Å². The van der Waals surface area contributed by atoms with Crippen molar-refractivity contribution in [1.29, 1.82) is 0 Å². The normalized spacial score (nSPS) is 9.91. The van der Waals surface area contributed by atoms with E-state index in [0.29, 0.717) is 12.3 Å². The third-order valence-corrected chi connectivity index (χ3v) is 3.44. The summed E-state index contributed by atoms with van der Waals surface area (Å²) in [4.78, 5) is 2.78. The molecular formula is C19H15N3O. The van der Waals surface area contributed by atoms with E-state index in [9.17, 15) is 0 Å². The molecule has 0 saturated heterocycles. The van der Waals surface area contributed by atoms with E-state index < -0.39 is 0 Å². The molecule has 0 aliphatic rings. The zero-order valence-corrected chi connectivity index (χ0v) is 12.5. The molecule has 3 aromatic rings. The Morgan fingerprint density at radius 2 is 1.61 bits per heavy atom. The molecule has 0 bridgehead atoms. The van der Waals surface area contributed by atoms with E-state index >= 15 is 0 Å². The predicted molar refractivity (Wildman–Crippen MR) is 91.5 cm³/mol. The van der Waals surface area contributed by atoms with E-state index in [4.69, 9.17) is 10.3 Å². The SMILES string of the molecule is [N-]=[N+]=Nc1ccc(-c2cccc(OCc3ccccc3)c2)cc1. The van der Waals surface area contributed by atoms with Crippen LogP contribution in [0.2, 0.25) is 0 Å². The average Bonchev–Trinajstić information content (AvgIpc) is 2.62. The molecule has 3 rings (SSSR count). The lowest BCUT2D eigenvalue weighted by Crippen LogP contribution is -1.94. The van der Waals surface area contributed by atoms with Gasteiger partial charge < -0.3 is 4.74 Å². The quantitative estimate of drug-likeness (QED) is 0.330. The van der Waals surface area contributed by atoms with Crippen LogP contribution in [0.3, 0.4) is 0 Å². The molecule has 0 aromatic heterocycles. The largest absolute Gasteiger partial charge is 0.489 e. The Labute approximate surface area is 134 Å². The molecule has 112 valence electrons.